The minimum atomic E-state index is -3.56. The van der Waals surface area contributed by atoms with Crippen LogP contribution in [0.15, 0.2) is 48.5 Å². The van der Waals surface area contributed by atoms with Crippen LogP contribution in [0.2, 0.25) is 0 Å². The molecule has 2 aromatic rings. The number of sulfonamides is 1. The molecule has 1 amide bonds. The van der Waals surface area contributed by atoms with Crippen molar-refractivity contribution in [3.05, 3.63) is 65.2 Å². The molecule has 0 heterocycles. The molecule has 0 saturated heterocycles. The fraction of sp³-hybridized carbons (Fsp3) is 0.211. The summed E-state index contributed by atoms with van der Waals surface area (Å²) in [4.78, 5) is 12.0. The molecule has 3 N–H and O–H groups in total. The summed E-state index contributed by atoms with van der Waals surface area (Å²) in [5, 5.41) is 7.78. The number of amides is 1. The van der Waals surface area contributed by atoms with E-state index in [1.807, 2.05) is 0 Å². The maximum atomic E-state index is 12.0. The summed E-state index contributed by atoms with van der Waals surface area (Å²) >= 11 is 0. The number of hydrogen-bond donors (Lipinski definition) is 2. The van der Waals surface area contributed by atoms with Crippen LogP contribution < -0.4 is 19.9 Å². The van der Waals surface area contributed by atoms with E-state index < -0.39 is 10.0 Å². The van der Waals surface area contributed by atoms with E-state index in [4.69, 9.17) is 14.6 Å². The number of ether oxygens (including phenoxy) is 2. The van der Waals surface area contributed by atoms with E-state index in [9.17, 15) is 13.2 Å². The molecule has 144 valence electrons. The van der Waals surface area contributed by atoms with E-state index in [-0.39, 0.29) is 11.7 Å². The lowest BCUT2D eigenvalue weighted by Gasteiger charge is -2.07. The van der Waals surface area contributed by atoms with Crippen molar-refractivity contribution in [1.82, 2.24) is 5.32 Å². The van der Waals surface area contributed by atoms with Crippen molar-refractivity contribution >= 4 is 22.0 Å². The van der Waals surface area contributed by atoms with Crippen molar-refractivity contribution in [1.29, 1.82) is 0 Å². The molecule has 0 spiro atoms. The predicted octanol–water partition coefficient (Wildman–Crippen LogP) is 1.82. The van der Waals surface area contributed by atoms with Gasteiger partial charge in [-0.15, -0.1) is 0 Å². The van der Waals surface area contributed by atoms with Crippen LogP contribution in [0.25, 0.3) is 6.08 Å². The van der Waals surface area contributed by atoms with Crippen LogP contribution in [0.3, 0.4) is 0 Å². The summed E-state index contributed by atoms with van der Waals surface area (Å²) in [5.41, 5.74) is 2.16. The maximum absolute atomic E-state index is 12.0. The first-order chi connectivity index (χ1) is 12.8. The lowest BCUT2D eigenvalue weighted by molar-refractivity contribution is -0.116. The summed E-state index contributed by atoms with van der Waals surface area (Å²) < 4.78 is 32.6. The van der Waals surface area contributed by atoms with Gasteiger partial charge in [0.15, 0.2) is 0 Å². The largest absolute Gasteiger partial charge is 0.497 e. The summed E-state index contributed by atoms with van der Waals surface area (Å²) in [7, 11) is -0.438. The lowest BCUT2D eigenvalue weighted by atomic mass is 10.1. The molecule has 7 nitrogen and oxygen atoms in total. The fourth-order valence-electron chi connectivity index (χ4n) is 2.37. The molecule has 0 fully saturated rings. The van der Waals surface area contributed by atoms with Crippen LogP contribution in [0, 0.1) is 0 Å². The Bertz CT molecular complexity index is 922. The summed E-state index contributed by atoms with van der Waals surface area (Å²) in [6.45, 7) is 0.314. The molecule has 8 heteroatoms. The highest BCUT2D eigenvalue weighted by molar-refractivity contribution is 7.88. The number of primary sulfonamides is 1. The Morgan fingerprint density at radius 3 is 2.33 bits per heavy atom. The Balaban J connectivity index is 1.95. The predicted molar refractivity (Wildman–Crippen MR) is 104 cm³/mol. The number of hydrogen-bond acceptors (Lipinski definition) is 5. The van der Waals surface area contributed by atoms with Crippen LogP contribution in [-0.2, 0) is 27.1 Å². The molecular weight excluding hydrogens is 368 g/mol. The number of benzene rings is 2. The molecular formula is C19H22N2O5S. The lowest BCUT2D eigenvalue weighted by Crippen LogP contribution is -2.20. The van der Waals surface area contributed by atoms with Gasteiger partial charge in [0.1, 0.15) is 11.5 Å². The quantitative estimate of drug-likeness (QED) is 0.669. The van der Waals surface area contributed by atoms with E-state index in [1.54, 1.807) is 62.8 Å². The van der Waals surface area contributed by atoms with Gasteiger partial charge in [0.05, 0.1) is 20.0 Å². The molecule has 0 aliphatic rings. The zero-order chi connectivity index (χ0) is 19.9. The third-order valence-electron chi connectivity index (χ3n) is 3.71. The smallest absolute Gasteiger partial charge is 0.244 e. The van der Waals surface area contributed by atoms with E-state index in [0.717, 1.165) is 11.1 Å². The van der Waals surface area contributed by atoms with E-state index >= 15 is 0 Å². The first kappa shape index (κ1) is 20.5. The van der Waals surface area contributed by atoms with Crippen molar-refractivity contribution in [3.63, 3.8) is 0 Å². The van der Waals surface area contributed by atoms with Gasteiger partial charge in [-0.3, -0.25) is 4.79 Å². The average Bonchev–Trinajstić information content (AvgIpc) is 2.64. The standard InChI is InChI=1S/C19H22N2O5S/c1-25-17-8-9-18(26-2)16(11-17)7-10-19(22)21-12-14-3-5-15(6-4-14)13-27(20,23)24/h3-11H,12-13H2,1-2H3,(H,21,22)(H2,20,23,24). The van der Waals surface area contributed by atoms with Crippen LogP contribution in [0.1, 0.15) is 16.7 Å². The Labute approximate surface area is 158 Å². The van der Waals surface area contributed by atoms with E-state index in [1.165, 1.54) is 6.08 Å². The van der Waals surface area contributed by atoms with Gasteiger partial charge in [-0.05, 0) is 35.4 Å². The van der Waals surface area contributed by atoms with E-state index in [0.29, 0.717) is 23.6 Å². The first-order valence-corrected chi connectivity index (χ1v) is 9.78. The second kappa shape index (κ2) is 9.20. The normalized spacial score (nSPS) is 11.4. The molecule has 0 radical (unpaired) electrons. The van der Waals surface area contributed by atoms with Gasteiger partial charge in [-0.25, -0.2) is 13.6 Å². The first-order valence-electron chi connectivity index (χ1n) is 8.07. The third kappa shape index (κ3) is 6.76. The molecule has 0 saturated carbocycles. The van der Waals surface area contributed by atoms with Crippen LogP contribution in [0.4, 0.5) is 0 Å². The van der Waals surface area contributed by atoms with Crippen molar-refractivity contribution in [2.75, 3.05) is 14.2 Å². The summed E-state index contributed by atoms with van der Waals surface area (Å²) in [6.07, 6.45) is 3.05. The highest BCUT2D eigenvalue weighted by Crippen LogP contribution is 2.24. The summed E-state index contributed by atoms with van der Waals surface area (Å²) in [5.74, 6) is 0.805. The number of methoxy groups -OCH3 is 2. The number of nitrogens with two attached hydrogens (primary N) is 1. The Morgan fingerprint density at radius 2 is 1.74 bits per heavy atom. The van der Waals surface area contributed by atoms with Crippen LogP contribution in [-0.4, -0.2) is 28.5 Å². The molecule has 0 atom stereocenters. The number of carbonyl (C=O) groups excluding carboxylic acids is 1. The van der Waals surface area contributed by atoms with Crippen LogP contribution >= 0.6 is 0 Å². The van der Waals surface area contributed by atoms with Crippen LogP contribution in [0.5, 0.6) is 11.5 Å². The van der Waals surface area contributed by atoms with Gasteiger partial charge in [0, 0.05) is 18.2 Å². The molecule has 0 bridgehead atoms. The van der Waals surface area contributed by atoms with Crippen molar-refractivity contribution in [2.45, 2.75) is 12.3 Å². The SMILES string of the molecule is COc1ccc(OC)c(C=CC(=O)NCc2ccc(CS(N)(=O)=O)cc2)c1. The van der Waals surface area contributed by atoms with E-state index in [2.05, 4.69) is 5.32 Å². The Morgan fingerprint density at radius 1 is 1.07 bits per heavy atom. The van der Waals surface area contributed by atoms with Gasteiger partial charge in [-0.2, -0.15) is 0 Å². The van der Waals surface area contributed by atoms with Gasteiger partial charge < -0.3 is 14.8 Å². The highest BCUT2D eigenvalue weighted by atomic mass is 32.2. The molecule has 0 aromatic heterocycles. The minimum Gasteiger partial charge on any atom is -0.497 e. The number of nitrogens with one attached hydrogen (secondary N) is 1. The molecule has 0 aliphatic carbocycles. The third-order valence-corrected chi connectivity index (χ3v) is 4.44. The second-order valence-electron chi connectivity index (χ2n) is 5.78. The van der Waals surface area contributed by atoms with Gasteiger partial charge in [-0.1, -0.05) is 24.3 Å². The van der Waals surface area contributed by atoms with Crippen molar-refractivity contribution in [3.8, 4) is 11.5 Å². The van der Waals surface area contributed by atoms with Gasteiger partial charge >= 0.3 is 0 Å². The zero-order valence-electron chi connectivity index (χ0n) is 15.1. The molecule has 2 aromatic carbocycles. The fourth-order valence-corrected chi connectivity index (χ4v) is 3.03. The second-order valence-corrected chi connectivity index (χ2v) is 7.40. The number of rotatable bonds is 8. The molecule has 2 rings (SSSR count). The maximum Gasteiger partial charge on any atom is 0.244 e. The Hall–Kier alpha value is -2.84. The molecule has 0 aliphatic heterocycles. The topological polar surface area (TPSA) is 108 Å². The Kier molecular flexibility index (Phi) is 6.98. The monoisotopic (exact) mass is 390 g/mol. The number of carbonyl (C=O) groups is 1. The van der Waals surface area contributed by atoms with Gasteiger partial charge in [0.25, 0.3) is 0 Å². The van der Waals surface area contributed by atoms with Gasteiger partial charge in [0.2, 0.25) is 15.9 Å². The van der Waals surface area contributed by atoms with Crippen molar-refractivity contribution in [2.24, 2.45) is 5.14 Å². The minimum absolute atomic E-state index is 0.218. The highest BCUT2D eigenvalue weighted by Gasteiger charge is 2.06. The summed E-state index contributed by atoms with van der Waals surface area (Å²) in [6, 6.07) is 12.1. The molecule has 0 unspecified atom stereocenters. The average molecular weight is 390 g/mol. The zero-order valence-corrected chi connectivity index (χ0v) is 16.0. The molecule has 27 heavy (non-hydrogen) atoms. The van der Waals surface area contributed by atoms with Crippen molar-refractivity contribution < 1.29 is 22.7 Å².